The molecular formula is C24H17BrCl3NO2. The van der Waals surface area contributed by atoms with Gasteiger partial charge in [0.15, 0.2) is 11.5 Å². The minimum absolute atomic E-state index is 0.286. The maximum Gasteiger partial charge on any atom is 0.175 e. The van der Waals surface area contributed by atoms with Gasteiger partial charge in [-0.25, -0.2) is 0 Å². The number of allylic oxidation sites excluding steroid dienone is 1. The first kappa shape index (κ1) is 23.5. The van der Waals surface area contributed by atoms with Gasteiger partial charge in [-0.05, 0) is 70.4 Å². The average Bonchev–Trinajstić information content (AvgIpc) is 2.74. The molecule has 0 N–H and O–H groups in total. The average molecular weight is 538 g/mol. The standard InChI is InChI=1S/C24H17BrCl3NO2/c1-2-30-23-12-16(9-17(13-29)18-5-3-4-6-20(18)26)10-19(25)24(23)31-14-15-7-8-21(27)22(28)11-15/h3-12H,2,14H2,1H3. The van der Waals surface area contributed by atoms with Crippen molar-refractivity contribution < 1.29 is 9.47 Å². The molecule has 158 valence electrons. The van der Waals surface area contributed by atoms with Crippen LogP contribution in [0, 0.1) is 11.3 Å². The molecule has 0 spiro atoms. The molecule has 0 aromatic heterocycles. The Kier molecular flexibility index (Phi) is 8.28. The second kappa shape index (κ2) is 10.9. The Morgan fingerprint density at radius 1 is 1.00 bits per heavy atom. The molecule has 3 nitrogen and oxygen atoms in total. The van der Waals surface area contributed by atoms with Gasteiger partial charge in [-0.3, -0.25) is 0 Å². The van der Waals surface area contributed by atoms with E-state index in [9.17, 15) is 5.26 Å². The van der Waals surface area contributed by atoms with Crippen molar-refractivity contribution in [1.82, 2.24) is 0 Å². The first-order chi connectivity index (χ1) is 14.9. The van der Waals surface area contributed by atoms with E-state index in [2.05, 4.69) is 22.0 Å². The third-order valence-corrected chi connectivity index (χ3v) is 5.95. The van der Waals surface area contributed by atoms with Crippen molar-refractivity contribution in [2.24, 2.45) is 0 Å². The Hall–Kier alpha value is -2.16. The van der Waals surface area contributed by atoms with Crippen molar-refractivity contribution in [2.75, 3.05) is 6.61 Å². The zero-order valence-corrected chi connectivity index (χ0v) is 20.3. The van der Waals surface area contributed by atoms with Crippen LogP contribution in [0.25, 0.3) is 11.6 Å². The van der Waals surface area contributed by atoms with Crippen LogP contribution in [0.4, 0.5) is 0 Å². The summed E-state index contributed by atoms with van der Waals surface area (Å²) in [5.74, 6) is 1.11. The first-order valence-corrected chi connectivity index (χ1v) is 11.3. The molecule has 0 aliphatic rings. The van der Waals surface area contributed by atoms with Crippen LogP contribution >= 0.6 is 50.7 Å². The lowest BCUT2D eigenvalue weighted by atomic mass is 10.0. The summed E-state index contributed by atoms with van der Waals surface area (Å²) in [5.41, 5.74) is 2.76. The third-order valence-electron chi connectivity index (χ3n) is 4.29. The zero-order chi connectivity index (χ0) is 22.4. The number of hydrogen-bond acceptors (Lipinski definition) is 3. The molecule has 0 saturated carbocycles. The molecule has 0 atom stereocenters. The first-order valence-electron chi connectivity index (χ1n) is 9.32. The summed E-state index contributed by atoms with van der Waals surface area (Å²) in [6.07, 6.45) is 1.76. The Labute approximate surface area is 204 Å². The molecule has 0 aliphatic carbocycles. The van der Waals surface area contributed by atoms with Crippen LogP contribution in [0.5, 0.6) is 11.5 Å². The summed E-state index contributed by atoms with van der Waals surface area (Å²) in [6, 6.07) is 18.5. The van der Waals surface area contributed by atoms with Gasteiger partial charge in [0.25, 0.3) is 0 Å². The van der Waals surface area contributed by atoms with E-state index in [1.54, 1.807) is 24.3 Å². The van der Waals surface area contributed by atoms with E-state index in [-0.39, 0.29) is 6.61 Å². The van der Waals surface area contributed by atoms with E-state index in [1.807, 2.05) is 43.3 Å². The number of benzene rings is 3. The third kappa shape index (κ3) is 5.96. The number of nitriles is 1. The van der Waals surface area contributed by atoms with E-state index >= 15 is 0 Å². The van der Waals surface area contributed by atoms with Crippen LogP contribution < -0.4 is 9.47 Å². The Balaban J connectivity index is 1.93. The molecule has 3 aromatic rings. The Morgan fingerprint density at radius 2 is 1.77 bits per heavy atom. The minimum Gasteiger partial charge on any atom is -0.490 e. The molecule has 0 fully saturated rings. The zero-order valence-electron chi connectivity index (χ0n) is 16.5. The second-order valence-corrected chi connectivity index (χ2v) is 8.53. The fourth-order valence-electron chi connectivity index (χ4n) is 2.88. The van der Waals surface area contributed by atoms with Crippen LogP contribution in [0.3, 0.4) is 0 Å². The maximum absolute atomic E-state index is 9.65. The number of hydrogen-bond donors (Lipinski definition) is 0. The van der Waals surface area contributed by atoms with Crippen molar-refractivity contribution in [3.05, 3.63) is 90.8 Å². The van der Waals surface area contributed by atoms with Crippen molar-refractivity contribution in [3.8, 4) is 17.6 Å². The second-order valence-electron chi connectivity index (χ2n) is 6.45. The summed E-state index contributed by atoms with van der Waals surface area (Å²) in [6.45, 7) is 2.63. The molecule has 3 aromatic carbocycles. The van der Waals surface area contributed by atoms with Gasteiger partial charge in [0.2, 0.25) is 0 Å². The highest BCUT2D eigenvalue weighted by Gasteiger charge is 2.14. The van der Waals surface area contributed by atoms with Gasteiger partial charge in [0, 0.05) is 10.6 Å². The molecule has 0 heterocycles. The molecule has 0 bridgehead atoms. The van der Waals surface area contributed by atoms with Gasteiger partial charge in [0.1, 0.15) is 6.61 Å². The maximum atomic E-state index is 9.65. The summed E-state index contributed by atoms with van der Waals surface area (Å²) >= 11 is 21.9. The molecule has 3 rings (SSSR count). The fourth-order valence-corrected chi connectivity index (χ4v) is 4.01. The summed E-state index contributed by atoms with van der Waals surface area (Å²) in [7, 11) is 0. The highest BCUT2D eigenvalue weighted by molar-refractivity contribution is 9.10. The van der Waals surface area contributed by atoms with Crippen LogP contribution in [0.2, 0.25) is 15.1 Å². The van der Waals surface area contributed by atoms with E-state index in [0.717, 1.165) is 11.1 Å². The quantitative estimate of drug-likeness (QED) is 0.224. The summed E-state index contributed by atoms with van der Waals surface area (Å²) in [5, 5.41) is 11.1. The smallest absolute Gasteiger partial charge is 0.175 e. The lowest BCUT2D eigenvalue weighted by Crippen LogP contribution is -2.01. The highest BCUT2D eigenvalue weighted by Crippen LogP contribution is 2.39. The van der Waals surface area contributed by atoms with Crippen molar-refractivity contribution in [2.45, 2.75) is 13.5 Å². The molecule has 7 heteroatoms. The van der Waals surface area contributed by atoms with E-state index < -0.39 is 0 Å². The number of nitrogens with zero attached hydrogens (tertiary/aromatic N) is 1. The summed E-state index contributed by atoms with van der Waals surface area (Å²) in [4.78, 5) is 0. The van der Waals surface area contributed by atoms with E-state index in [1.165, 1.54) is 0 Å². The molecule has 0 unspecified atom stereocenters. The molecule has 31 heavy (non-hydrogen) atoms. The Bertz CT molecular complexity index is 1170. The summed E-state index contributed by atoms with van der Waals surface area (Å²) < 4.78 is 12.5. The Morgan fingerprint density at radius 3 is 2.45 bits per heavy atom. The molecule has 0 aliphatic heterocycles. The topological polar surface area (TPSA) is 42.2 Å². The van der Waals surface area contributed by atoms with Crippen LogP contribution in [0.1, 0.15) is 23.6 Å². The predicted molar refractivity (Wildman–Crippen MR) is 131 cm³/mol. The van der Waals surface area contributed by atoms with Crippen LogP contribution in [0.15, 0.2) is 59.1 Å². The van der Waals surface area contributed by atoms with Gasteiger partial charge in [0.05, 0.1) is 32.8 Å². The minimum atomic E-state index is 0.286. The van der Waals surface area contributed by atoms with Gasteiger partial charge < -0.3 is 9.47 Å². The largest absolute Gasteiger partial charge is 0.490 e. The normalized spacial score (nSPS) is 11.2. The van der Waals surface area contributed by atoms with Gasteiger partial charge >= 0.3 is 0 Å². The lowest BCUT2D eigenvalue weighted by molar-refractivity contribution is 0.267. The van der Waals surface area contributed by atoms with E-state index in [0.29, 0.717) is 48.8 Å². The van der Waals surface area contributed by atoms with Gasteiger partial charge in [-0.1, -0.05) is 59.1 Å². The van der Waals surface area contributed by atoms with Crippen LogP contribution in [-0.2, 0) is 6.61 Å². The lowest BCUT2D eigenvalue weighted by Gasteiger charge is -2.15. The van der Waals surface area contributed by atoms with E-state index in [4.69, 9.17) is 44.3 Å². The predicted octanol–water partition coefficient (Wildman–Crippen LogP) is 8.45. The SMILES string of the molecule is CCOc1cc(C=C(C#N)c2ccccc2Cl)cc(Br)c1OCc1ccc(Cl)c(Cl)c1. The monoisotopic (exact) mass is 535 g/mol. The molecular weight excluding hydrogens is 521 g/mol. The van der Waals surface area contributed by atoms with Crippen molar-refractivity contribution in [3.63, 3.8) is 0 Å². The number of rotatable bonds is 7. The number of ether oxygens (including phenoxy) is 2. The van der Waals surface area contributed by atoms with Crippen molar-refractivity contribution in [1.29, 1.82) is 5.26 Å². The number of halogens is 4. The fraction of sp³-hybridized carbons (Fsp3) is 0.125. The molecule has 0 amide bonds. The van der Waals surface area contributed by atoms with Gasteiger partial charge in [-0.15, -0.1) is 0 Å². The van der Waals surface area contributed by atoms with Crippen molar-refractivity contribution >= 4 is 62.4 Å². The van der Waals surface area contributed by atoms with Crippen LogP contribution in [-0.4, -0.2) is 6.61 Å². The van der Waals surface area contributed by atoms with Gasteiger partial charge in [-0.2, -0.15) is 5.26 Å². The molecule has 0 radical (unpaired) electrons. The molecule has 0 saturated heterocycles. The highest BCUT2D eigenvalue weighted by atomic mass is 79.9.